The van der Waals surface area contributed by atoms with Crippen LogP contribution >= 0.6 is 24.0 Å². The number of thiocarbonyl (C=S) groups is 1. The molecule has 7 heteroatoms. The smallest absolute Gasteiger partial charge is 0.237 e. The molecule has 0 aliphatic heterocycles. The van der Waals surface area contributed by atoms with Crippen LogP contribution in [0, 0.1) is 0 Å². The van der Waals surface area contributed by atoms with Crippen LogP contribution in [0.15, 0.2) is 95.9 Å². The van der Waals surface area contributed by atoms with Crippen molar-refractivity contribution < 1.29 is 9.53 Å². The maximum absolute atomic E-state index is 13.0. The zero-order valence-electron chi connectivity index (χ0n) is 19.6. The molecule has 3 N–H and O–H groups in total. The lowest BCUT2D eigenvalue weighted by atomic mass is 10.1. The molecule has 0 radical (unpaired) electrons. The second kappa shape index (κ2) is 11.7. The van der Waals surface area contributed by atoms with Gasteiger partial charge in [-0.1, -0.05) is 55.5 Å². The number of methoxy groups -OCH3 is 1. The molecule has 0 aromatic heterocycles. The predicted octanol–water partition coefficient (Wildman–Crippen LogP) is 7.17. The van der Waals surface area contributed by atoms with Crippen LogP contribution in [0.1, 0.15) is 13.3 Å². The number of benzene rings is 4. The van der Waals surface area contributed by atoms with Crippen LogP contribution < -0.4 is 20.7 Å². The fraction of sp³-hybridized carbons (Fsp3) is 0.143. The molecule has 0 saturated heterocycles. The van der Waals surface area contributed by atoms with Crippen LogP contribution in [0.2, 0.25) is 0 Å². The number of carbonyl (C=O) groups excluding carboxylic acids is 1. The van der Waals surface area contributed by atoms with E-state index >= 15 is 0 Å². The molecule has 0 aliphatic carbocycles. The van der Waals surface area contributed by atoms with Gasteiger partial charge in [0.2, 0.25) is 5.91 Å². The second-order valence-corrected chi connectivity index (χ2v) is 9.56. The summed E-state index contributed by atoms with van der Waals surface area (Å²) in [5, 5.41) is 11.9. The molecule has 4 rings (SSSR count). The monoisotopic (exact) mass is 501 g/mol. The number of para-hydroxylation sites is 2. The Morgan fingerprint density at radius 1 is 0.857 bits per heavy atom. The molecule has 35 heavy (non-hydrogen) atoms. The summed E-state index contributed by atoms with van der Waals surface area (Å²) in [4.78, 5) is 14.0. The number of fused-ring (bicyclic) bond motifs is 1. The largest absolute Gasteiger partial charge is 0.495 e. The molecule has 5 nitrogen and oxygen atoms in total. The molecule has 0 aliphatic rings. The van der Waals surface area contributed by atoms with Crippen LogP contribution in [0.3, 0.4) is 0 Å². The number of rotatable bonds is 8. The molecule has 0 fully saturated rings. The minimum absolute atomic E-state index is 0.0143. The van der Waals surface area contributed by atoms with Gasteiger partial charge in [-0.15, -0.1) is 11.8 Å². The third kappa shape index (κ3) is 6.53. The van der Waals surface area contributed by atoms with Gasteiger partial charge in [-0.2, -0.15) is 0 Å². The van der Waals surface area contributed by atoms with Crippen molar-refractivity contribution in [2.45, 2.75) is 23.5 Å². The molecule has 0 spiro atoms. The van der Waals surface area contributed by atoms with Crippen molar-refractivity contribution >= 4 is 62.8 Å². The second-order valence-electron chi connectivity index (χ2n) is 7.87. The maximum Gasteiger partial charge on any atom is 0.237 e. The standard InChI is InChI=1S/C28H27N3O2S2/c1-3-26(27(32)29-22-16-15-19-9-4-5-10-20(19)17-22)35-23-12-8-11-21(18-23)30-28(34)31-24-13-6-7-14-25(24)33-2/h4-18,26H,3H2,1-2H3,(H,29,32)(H2,30,31,34). The van der Waals surface area contributed by atoms with E-state index in [2.05, 4.69) is 22.0 Å². The van der Waals surface area contributed by atoms with Crippen LogP contribution in [-0.4, -0.2) is 23.4 Å². The number of ether oxygens (including phenoxy) is 1. The third-order valence-electron chi connectivity index (χ3n) is 5.41. The fourth-order valence-electron chi connectivity index (χ4n) is 3.66. The molecule has 0 saturated carbocycles. The summed E-state index contributed by atoms with van der Waals surface area (Å²) in [6, 6.07) is 29.6. The molecular weight excluding hydrogens is 474 g/mol. The van der Waals surface area contributed by atoms with E-state index in [-0.39, 0.29) is 11.2 Å². The van der Waals surface area contributed by atoms with Gasteiger partial charge in [-0.25, -0.2) is 0 Å². The number of anilines is 3. The summed E-state index contributed by atoms with van der Waals surface area (Å²) in [6.45, 7) is 2.02. The van der Waals surface area contributed by atoms with Gasteiger partial charge >= 0.3 is 0 Å². The molecule has 0 bridgehead atoms. The average Bonchev–Trinajstić information content (AvgIpc) is 2.87. The van der Waals surface area contributed by atoms with Gasteiger partial charge in [0, 0.05) is 16.3 Å². The van der Waals surface area contributed by atoms with Crippen molar-refractivity contribution in [3.8, 4) is 5.75 Å². The van der Waals surface area contributed by atoms with Crippen LogP contribution in [-0.2, 0) is 4.79 Å². The lowest BCUT2D eigenvalue weighted by Crippen LogP contribution is -2.24. The highest BCUT2D eigenvalue weighted by Gasteiger charge is 2.18. The first-order chi connectivity index (χ1) is 17.1. The number of hydrogen-bond donors (Lipinski definition) is 3. The Kier molecular flexibility index (Phi) is 8.23. The maximum atomic E-state index is 13.0. The number of amides is 1. The van der Waals surface area contributed by atoms with Gasteiger partial charge in [-0.05, 0) is 71.9 Å². The van der Waals surface area contributed by atoms with Crippen LogP contribution in [0.4, 0.5) is 17.1 Å². The Hall–Kier alpha value is -3.55. The quantitative estimate of drug-likeness (QED) is 0.176. The van der Waals surface area contributed by atoms with E-state index in [1.54, 1.807) is 7.11 Å². The zero-order chi connectivity index (χ0) is 24.6. The Morgan fingerprint density at radius 2 is 1.60 bits per heavy atom. The van der Waals surface area contributed by atoms with Gasteiger partial charge in [0.15, 0.2) is 5.11 Å². The molecule has 1 unspecified atom stereocenters. The molecule has 4 aromatic carbocycles. The molecule has 1 atom stereocenters. The topological polar surface area (TPSA) is 62.4 Å². The number of carbonyl (C=O) groups is 1. The average molecular weight is 502 g/mol. The summed E-state index contributed by atoms with van der Waals surface area (Å²) in [5.74, 6) is 0.698. The van der Waals surface area contributed by atoms with Crippen LogP contribution in [0.5, 0.6) is 5.75 Å². The first-order valence-electron chi connectivity index (χ1n) is 11.3. The Morgan fingerprint density at radius 3 is 2.40 bits per heavy atom. The molecule has 1 amide bonds. The zero-order valence-corrected chi connectivity index (χ0v) is 21.2. The van der Waals surface area contributed by atoms with Crippen molar-refractivity contribution in [1.82, 2.24) is 0 Å². The van der Waals surface area contributed by atoms with Crippen molar-refractivity contribution in [1.29, 1.82) is 0 Å². The third-order valence-corrected chi connectivity index (χ3v) is 6.97. The summed E-state index contributed by atoms with van der Waals surface area (Å²) in [5.41, 5.74) is 2.43. The SMILES string of the molecule is CCC(Sc1cccc(NC(=S)Nc2ccccc2OC)c1)C(=O)Nc1ccc2ccccc2c1. The Labute approximate surface area is 215 Å². The fourth-order valence-corrected chi connectivity index (χ4v) is 4.90. The normalized spacial score (nSPS) is 11.5. The summed E-state index contributed by atoms with van der Waals surface area (Å²) in [6.07, 6.45) is 0.704. The Balaban J connectivity index is 1.39. The van der Waals surface area contributed by atoms with Crippen molar-refractivity contribution in [2.75, 3.05) is 23.1 Å². The lowest BCUT2D eigenvalue weighted by molar-refractivity contribution is -0.115. The summed E-state index contributed by atoms with van der Waals surface area (Å²) >= 11 is 7.01. The van der Waals surface area contributed by atoms with Crippen molar-refractivity contribution in [2.24, 2.45) is 0 Å². The van der Waals surface area contributed by atoms with E-state index in [1.807, 2.05) is 91.9 Å². The summed E-state index contributed by atoms with van der Waals surface area (Å²) < 4.78 is 5.37. The molecule has 0 heterocycles. The lowest BCUT2D eigenvalue weighted by Gasteiger charge is -2.16. The minimum atomic E-state index is -0.227. The number of thioether (sulfide) groups is 1. The molecule has 178 valence electrons. The van der Waals surface area contributed by atoms with Crippen LogP contribution in [0.25, 0.3) is 10.8 Å². The highest BCUT2D eigenvalue weighted by molar-refractivity contribution is 8.00. The highest BCUT2D eigenvalue weighted by atomic mass is 32.2. The van der Waals surface area contributed by atoms with E-state index in [0.29, 0.717) is 17.3 Å². The van der Waals surface area contributed by atoms with E-state index < -0.39 is 0 Å². The highest BCUT2D eigenvalue weighted by Crippen LogP contribution is 2.29. The van der Waals surface area contributed by atoms with Crippen molar-refractivity contribution in [3.05, 3.63) is 91.0 Å². The number of nitrogens with one attached hydrogen (secondary N) is 3. The van der Waals surface area contributed by atoms with Gasteiger partial charge in [0.1, 0.15) is 5.75 Å². The molecule has 4 aromatic rings. The van der Waals surface area contributed by atoms with E-state index in [4.69, 9.17) is 17.0 Å². The van der Waals surface area contributed by atoms with Gasteiger partial charge in [-0.3, -0.25) is 4.79 Å². The first-order valence-corrected chi connectivity index (χ1v) is 12.6. The number of hydrogen-bond acceptors (Lipinski definition) is 4. The van der Waals surface area contributed by atoms with Gasteiger partial charge in [0.05, 0.1) is 18.0 Å². The summed E-state index contributed by atoms with van der Waals surface area (Å²) in [7, 11) is 1.62. The van der Waals surface area contributed by atoms with E-state index in [0.717, 1.165) is 32.7 Å². The predicted molar refractivity (Wildman–Crippen MR) is 152 cm³/mol. The first kappa shape index (κ1) is 24.6. The molecular formula is C28H27N3O2S2. The Bertz CT molecular complexity index is 1340. The minimum Gasteiger partial charge on any atom is -0.495 e. The van der Waals surface area contributed by atoms with Crippen molar-refractivity contribution in [3.63, 3.8) is 0 Å². The van der Waals surface area contributed by atoms with Gasteiger partial charge < -0.3 is 20.7 Å². The van der Waals surface area contributed by atoms with E-state index in [1.165, 1.54) is 11.8 Å². The van der Waals surface area contributed by atoms with Gasteiger partial charge in [0.25, 0.3) is 0 Å². The van der Waals surface area contributed by atoms with E-state index in [9.17, 15) is 4.79 Å².